The van der Waals surface area contributed by atoms with Crippen LogP contribution in [0.15, 0.2) is 36.9 Å². The van der Waals surface area contributed by atoms with Gasteiger partial charge in [0.2, 0.25) is 0 Å². The standard InChI is InChI=1S/C12H14N2O5.C7H12O2/c15-12(16)13-7-5-11(6-8-13)19-10-3-1-9(2-4-10)14(17)18;1-5-6(8)9-7(2,3)4/h1-4,11H,5-8H2,(H,15,16);5H,1H2,2-4H3. The van der Waals surface area contributed by atoms with Crippen LogP contribution in [0, 0.1) is 10.1 Å². The zero-order valence-corrected chi connectivity index (χ0v) is 16.3. The SMILES string of the molecule is C=CC(=O)OC(C)(C)C.O=C(O)N1CCC(Oc2ccc([N+](=O)[O-])cc2)CC1. The molecular formula is C19H26N2O7. The molecule has 1 aromatic rings. The summed E-state index contributed by atoms with van der Waals surface area (Å²) < 4.78 is 10.5. The van der Waals surface area contributed by atoms with Gasteiger partial charge in [-0.15, -0.1) is 0 Å². The summed E-state index contributed by atoms with van der Waals surface area (Å²) in [5.41, 5.74) is -0.376. The lowest BCUT2D eigenvalue weighted by Crippen LogP contribution is -2.41. The van der Waals surface area contributed by atoms with Crippen LogP contribution in [0.3, 0.4) is 0 Å². The second-order valence-electron chi connectivity index (χ2n) is 7.08. The van der Waals surface area contributed by atoms with Crippen LogP contribution in [0.2, 0.25) is 0 Å². The van der Waals surface area contributed by atoms with Crippen LogP contribution in [0.4, 0.5) is 10.5 Å². The lowest BCUT2D eigenvalue weighted by Gasteiger charge is -2.30. The molecule has 0 atom stereocenters. The summed E-state index contributed by atoms with van der Waals surface area (Å²) >= 11 is 0. The van der Waals surface area contributed by atoms with Crippen LogP contribution < -0.4 is 4.74 Å². The number of carbonyl (C=O) groups excluding carboxylic acids is 1. The van der Waals surface area contributed by atoms with Crippen molar-refractivity contribution in [3.8, 4) is 5.75 Å². The lowest BCUT2D eigenvalue weighted by atomic mass is 10.1. The number of nitro groups is 1. The van der Waals surface area contributed by atoms with Gasteiger partial charge in [0.05, 0.1) is 4.92 Å². The van der Waals surface area contributed by atoms with Crippen molar-refractivity contribution < 1.29 is 29.1 Å². The molecule has 0 radical (unpaired) electrons. The van der Waals surface area contributed by atoms with Crippen LogP contribution in [-0.2, 0) is 9.53 Å². The highest BCUT2D eigenvalue weighted by atomic mass is 16.6. The highest BCUT2D eigenvalue weighted by Crippen LogP contribution is 2.21. The predicted molar refractivity (Wildman–Crippen MR) is 102 cm³/mol. The molecule has 1 amide bonds. The minimum atomic E-state index is -0.909. The van der Waals surface area contributed by atoms with Crippen LogP contribution in [-0.4, -0.2) is 51.8 Å². The Bertz CT molecular complexity index is 687. The zero-order valence-electron chi connectivity index (χ0n) is 16.3. The quantitative estimate of drug-likeness (QED) is 0.358. The molecule has 1 saturated heterocycles. The Hall–Kier alpha value is -3.10. The number of benzene rings is 1. The van der Waals surface area contributed by atoms with E-state index < -0.39 is 16.6 Å². The zero-order chi connectivity index (χ0) is 21.3. The lowest BCUT2D eigenvalue weighted by molar-refractivity contribution is -0.384. The van der Waals surface area contributed by atoms with Gasteiger partial charge in [0.1, 0.15) is 17.5 Å². The topological polar surface area (TPSA) is 119 Å². The Morgan fingerprint density at radius 1 is 1.25 bits per heavy atom. The second kappa shape index (κ2) is 10.3. The van der Waals surface area contributed by atoms with Gasteiger partial charge < -0.3 is 19.5 Å². The first-order valence-corrected chi connectivity index (χ1v) is 8.76. The maximum Gasteiger partial charge on any atom is 0.407 e. The molecule has 1 fully saturated rings. The Labute approximate surface area is 163 Å². The molecule has 1 aliphatic rings. The van der Waals surface area contributed by atoms with E-state index in [2.05, 4.69) is 6.58 Å². The van der Waals surface area contributed by atoms with Gasteiger partial charge in [-0.05, 0) is 32.9 Å². The van der Waals surface area contributed by atoms with E-state index in [0.29, 0.717) is 31.7 Å². The largest absolute Gasteiger partial charge is 0.490 e. The Kier molecular flexibility index (Phi) is 8.43. The molecule has 0 unspecified atom stereocenters. The number of likely N-dealkylation sites (tertiary alicyclic amines) is 1. The summed E-state index contributed by atoms with van der Waals surface area (Å²) in [6.07, 6.45) is 1.46. The molecule has 0 bridgehead atoms. The molecule has 0 aliphatic carbocycles. The number of esters is 1. The van der Waals surface area contributed by atoms with Crippen molar-refractivity contribution in [3.05, 3.63) is 47.0 Å². The minimum absolute atomic E-state index is 0.0213. The summed E-state index contributed by atoms with van der Waals surface area (Å²) in [5, 5.41) is 19.3. The van der Waals surface area contributed by atoms with Crippen molar-refractivity contribution in [1.82, 2.24) is 4.90 Å². The van der Waals surface area contributed by atoms with Crippen LogP contribution in [0.5, 0.6) is 5.75 Å². The van der Waals surface area contributed by atoms with Crippen molar-refractivity contribution in [1.29, 1.82) is 0 Å². The van der Waals surface area contributed by atoms with Gasteiger partial charge in [-0.2, -0.15) is 0 Å². The first-order valence-electron chi connectivity index (χ1n) is 8.76. The van der Waals surface area contributed by atoms with Gasteiger partial charge in [-0.1, -0.05) is 6.58 Å². The number of nitro benzene ring substituents is 1. The van der Waals surface area contributed by atoms with E-state index in [1.54, 1.807) is 12.1 Å². The molecule has 154 valence electrons. The number of piperidine rings is 1. The number of hydrogen-bond donors (Lipinski definition) is 1. The third kappa shape index (κ3) is 8.52. The molecule has 1 aliphatic heterocycles. The maximum absolute atomic E-state index is 10.7. The fraction of sp³-hybridized carbons (Fsp3) is 0.474. The highest BCUT2D eigenvalue weighted by Gasteiger charge is 2.23. The number of non-ortho nitro benzene ring substituents is 1. The Morgan fingerprint density at radius 2 is 1.79 bits per heavy atom. The molecule has 9 nitrogen and oxygen atoms in total. The fourth-order valence-corrected chi connectivity index (χ4v) is 2.35. The van der Waals surface area contributed by atoms with E-state index in [1.165, 1.54) is 17.0 Å². The average molecular weight is 394 g/mol. The van der Waals surface area contributed by atoms with Gasteiger partial charge in [-0.25, -0.2) is 9.59 Å². The monoisotopic (exact) mass is 394 g/mol. The van der Waals surface area contributed by atoms with Crippen molar-refractivity contribution in [2.45, 2.75) is 45.3 Å². The van der Waals surface area contributed by atoms with Gasteiger partial charge >= 0.3 is 12.1 Å². The van der Waals surface area contributed by atoms with Crippen molar-refractivity contribution >= 4 is 17.7 Å². The number of nitrogens with zero attached hydrogens (tertiary/aromatic N) is 2. The van der Waals surface area contributed by atoms with E-state index in [9.17, 15) is 19.7 Å². The van der Waals surface area contributed by atoms with E-state index in [-0.39, 0.29) is 17.8 Å². The number of carboxylic acid groups (broad SMARTS) is 1. The number of carbonyl (C=O) groups is 2. The average Bonchev–Trinajstić information content (AvgIpc) is 2.61. The van der Waals surface area contributed by atoms with Gasteiger partial charge in [0, 0.05) is 44.1 Å². The van der Waals surface area contributed by atoms with Crippen LogP contribution in [0.1, 0.15) is 33.6 Å². The summed E-state index contributed by atoms with van der Waals surface area (Å²) in [6.45, 7) is 9.61. The summed E-state index contributed by atoms with van der Waals surface area (Å²) in [5.74, 6) is 0.196. The van der Waals surface area contributed by atoms with Crippen LogP contribution >= 0.6 is 0 Å². The summed E-state index contributed by atoms with van der Waals surface area (Å²) in [7, 11) is 0. The number of rotatable bonds is 4. The Morgan fingerprint density at radius 3 is 2.14 bits per heavy atom. The third-order valence-electron chi connectivity index (χ3n) is 3.64. The first kappa shape index (κ1) is 22.9. The number of amides is 1. The molecule has 0 aromatic heterocycles. The number of ether oxygens (including phenoxy) is 2. The number of hydrogen-bond acceptors (Lipinski definition) is 6. The normalized spacial score (nSPS) is 14.3. The van der Waals surface area contributed by atoms with Crippen molar-refractivity contribution in [3.63, 3.8) is 0 Å². The van der Waals surface area contributed by atoms with E-state index in [0.717, 1.165) is 6.08 Å². The minimum Gasteiger partial charge on any atom is -0.490 e. The smallest absolute Gasteiger partial charge is 0.407 e. The summed E-state index contributed by atoms with van der Waals surface area (Å²) in [6, 6.07) is 5.90. The molecule has 0 saturated carbocycles. The molecule has 9 heteroatoms. The van der Waals surface area contributed by atoms with E-state index in [1.807, 2.05) is 20.8 Å². The predicted octanol–water partition coefficient (Wildman–Crippen LogP) is 3.63. The first-order chi connectivity index (χ1) is 13.0. The molecule has 0 spiro atoms. The third-order valence-corrected chi connectivity index (χ3v) is 3.64. The van der Waals surface area contributed by atoms with Gasteiger partial charge in [0.15, 0.2) is 0 Å². The molecule has 2 rings (SSSR count). The maximum atomic E-state index is 10.7. The van der Waals surface area contributed by atoms with Gasteiger partial charge in [0.25, 0.3) is 5.69 Å². The molecule has 1 N–H and O–H groups in total. The fourth-order valence-electron chi connectivity index (χ4n) is 2.35. The van der Waals surface area contributed by atoms with Crippen molar-refractivity contribution in [2.75, 3.05) is 13.1 Å². The molecule has 28 heavy (non-hydrogen) atoms. The molecular weight excluding hydrogens is 368 g/mol. The molecule has 1 heterocycles. The molecule has 1 aromatic carbocycles. The van der Waals surface area contributed by atoms with E-state index >= 15 is 0 Å². The van der Waals surface area contributed by atoms with E-state index in [4.69, 9.17) is 14.6 Å². The van der Waals surface area contributed by atoms with Gasteiger partial charge in [-0.3, -0.25) is 10.1 Å². The second-order valence-corrected chi connectivity index (χ2v) is 7.08. The highest BCUT2D eigenvalue weighted by molar-refractivity contribution is 5.81. The summed E-state index contributed by atoms with van der Waals surface area (Å²) in [4.78, 5) is 32.6. The van der Waals surface area contributed by atoms with Crippen LogP contribution in [0.25, 0.3) is 0 Å². The Balaban J connectivity index is 0.000000370. The van der Waals surface area contributed by atoms with Crippen molar-refractivity contribution in [2.24, 2.45) is 0 Å².